The smallest absolute Gasteiger partial charge is 0.0541 e. The third-order valence-electron chi connectivity index (χ3n) is 16.6. The monoisotopic (exact) mass is 746 g/mol. The van der Waals surface area contributed by atoms with Crippen molar-refractivity contribution in [3.8, 4) is 27.9 Å². The van der Waals surface area contributed by atoms with E-state index >= 15 is 0 Å². The molecule has 0 amide bonds. The van der Waals surface area contributed by atoms with Gasteiger partial charge < -0.3 is 9.47 Å². The van der Waals surface area contributed by atoms with Crippen LogP contribution in [0.15, 0.2) is 158 Å². The van der Waals surface area contributed by atoms with E-state index in [1.807, 2.05) is 0 Å². The number of rotatable bonds is 4. The Balaban J connectivity index is 0.994. The van der Waals surface area contributed by atoms with Gasteiger partial charge >= 0.3 is 0 Å². The average Bonchev–Trinajstić information content (AvgIpc) is 4.03. The van der Waals surface area contributed by atoms with E-state index in [0.717, 1.165) is 23.7 Å². The van der Waals surface area contributed by atoms with Crippen molar-refractivity contribution in [2.45, 2.75) is 62.2 Å². The molecule has 0 radical (unpaired) electrons. The van der Waals surface area contributed by atoms with E-state index in [0.29, 0.717) is 0 Å². The lowest BCUT2D eigenvalue weighted by Crippen LogP contribution is -2.62. The van der Waals surface area contributed by atoms with Crippen molar-refractivity contribution >= 4 is 38.9 Å². The van der Waals surface area contributed by atoms with E-state index in [-0.39, 0.29) is 10.8 Å². The first-order valence-electron chi connectivity index (χ1n) is 22.1. The molecule has 1 aromatic heterocycles. The van der Waals surface area contributed by atoms with Crippen molar-refractivity contribution in [2.75, 3.05) is 4.90 Å². The van der Waals surface area contributed by atoms with Gasteiger partial charge in [0, 0.05) is 44.4 Å². The van der Waals surface area contributed by atoms with Crippen molar-refractivity contribution in [1.82, 2.24) is 4.57 Å². The molecule has 15 rings (SSSR count). The molecule has 2 spiro atoms. The minimum absolute atomic E-state index is 0.0998. The lowest BCUT2D eigenvalue weighted by Gasteiger charge is -2.67. The van der Waals surface area contributed by atoms with E-state index in [9.17, 15) is 0 Å². The van der Waals surface area contributed by atoms with Gasteiger partial charge in [-0.25, -0.2) is 0 Å². The van der Waals surface area contributed by atoms with E-state index in [1.165, 1.54) is 124 Å². The number of hydrogen-bond donors (Lipinski definition) is 0. The van der Waals surface area contributed by atoms with Crippen LogP contribution in [0.3, 0.4) is 0 Å². The van der Waals surface area contributed by atoms with Crippen molar-refractivity contribution < 1.29 is 0 Å². The Morgan fingerprint density at radius 2 is 1.12 bits per heavy atom. The van der Waals surface area contributed by atoms with Crippen LogP contribution < -0.4 is 4.90 Å². The largest absolute Gasteiger partial charge is 0.310 e. The van der Waals surface area contributed by atoms with Gasteiger partial charge in [0.25, 0.3) is 0 Å². The Hall–Kier alpha value is -5.86. The average molecular weight is 747 g/mol. The minimum Gasteiger partial charge on any atom is -0.310 e. The highest BCUT2D eigenvalue weighted by atomic mass is 15.1. The zero-order valence-corrected chi connectivity index (χ0v) is 32.9. The molecular weight excluding hydrogens is 701 g/mol. The van der Waals surface area contributed by atoms with Gasteiger partial charge in [0.05, 0.1) is 11.0 Å². The number of para-hydroxylation sites is 2. The van der Waals surface area contributed by atoms with E-state index in [2.05, 4.69) is 167 Å². The third kappa shape index (κ3) is 3.90. The second kappa shape index (κ2) is 11.4. The summed E-state index contributed by atoms with van der Waals surface area (Å²) in [5.41, 5.74) is 19.7. The summed E-state index contributed by atoms with van der Waals surface area (Å²) in [5.74, 6) is 3.42. The molecule has 5 atom stereocenters. The molecule has 8 aromatic rings. The normalized spacial score (nSPS) is 24.9. The SMILES string of the molecule is c1cc(N(c2ccc3c(c2)-c2ccccc2C32C3CCC4C(C3)CC42)c2ccc3c(c2)C2(CCCC2)c2ccccc2-3)cc(-n2c3ccccc3c3ccccc32)c1. The molecule has 5 unspecified atom stereocenters. The quantitative estimate of drug-likeness (QED) is 0.174. The highest BCUT2D eigenvalue weighted by Crippen LogP contribution is 2.74. The molecule has 0 aliphatic heterocycles. The van der Waals surface area contributed by atoms with Crippen LogP contribution in [0.25, 0.3) is 49.7 Å². The molecule has 7 aliphatic rings. The molecular formula is C56H46N2. The summed E-state index contributed by atoms with van der Waals surface area (Å²) in [4.78, 5) is 2.59. The Bertz CT molecular complexity index is 2970. The number of nitrogens with zero attached hydrogens (tertiary/aromatic N) is 2. The van der Waals surface area contributed by atoms with Crippen LogP contribution in [0.4, 0.5) is 17.1 Å². The molecule has 1 heterocycles. The number of anilines is 3. The molecule has 2 heteroatoms. The molecule has 0 saturated heterocycles. The highest BCUT2D eigenvalue weighted by Gasteiger charge is 2.67. The van der Waals surface area contributed by atoms with Crippen molar-refractivity contribution in [1.29, 1.82) is 0 Å². The molecule has 5 saturated carbocycles. The number of hydrogen-bond acceptors (Lipinski definition) is 1. The Labute approximate surface area is 340 Å². The second-order valence-electron chi connectivity index (χ2n) is 18.7. The number of aromatic nitrogens is 1. The fourth-order valence-corrected chi connectivity index (χ4v) is 14.5. The zero-order chi connectivity index (χ0) is 37.7. The van der Waals surface area contributed by atoms with Gasteiger partial charge in [0.15, 0.2) is 0 Å². The standard InChI is InChI=1S/C56H46N2/c1-5-18-48-42(14-1)44-26-23-40(34-51(44)55(48)28-9-10-29-55)57(37-12-11-13-38(32-37)58-53-20-7-3-16-45(53)46-17-4-8-21-54(46)58)39-24-27-50-47(33-39)43-15-2-6-19-49(43)56(50)36-22-25-41-35(30-36)31-52(41)56/h1-8,11-21,23-24,26-27,32-36,41,52H,9-10,22,25,28-31H2. The summed E-state index contributed by atoms with van der Waals surface area (Å²) < 4.78 is 2.46. The first-order chi connectivity index (χ1) is 28.7. The van der Waals surface area contributed by atoms with E-state index in [4.69, 9.17) is 0 Å². The van der Waals surface area contributed by atoms with Gasteiger partial charge in [-0.15, -0.1) is 0 Å². The van der Waals surface area contributed by atoms with Gasteiger partial charge in [-0.2, -0.15) is 0 Å². The van der Waals surface area contributed by atoms with Gasteiger partial charge in [-0.1, -0.05) is 116 Å². The summed E-state index contributed by atoms with van der Waals surface area (Å²) in [7, 11) is 0. The highest BCUT2D eigenvalue weighted by molar-refractivity contribution is 6.09. The molecule has 5 fully saturated rings. The zero-order valence-electron chi connectivity index (χ0n) is 32.9. The maximum atomic E-state index is 2.59. The third-order valence-corrected chi connectivity index (χ3v) is 16.6. The molecule has 0 N–H and O–H groups in total. The summed E-state index contributed by atoms with van der Waals surface area (Å²) in [5, 5.41) is 2.58. The summed E-state index contributed by atoms with van der Waals surface area (Å²) in [6.07, 6.45) is 10.7. The Kier molecular flexibility index (Phi) is 6.32. The van der Waals surface area contributed by atoms with Gasteiger partial charge in [0.1, 0.15) is 0 Å². The van der Waals surface area contributed by atoms with E-state index in [1.54, 1.807) is 16.7 Å². The van der Waals surface area contributed by atoms with Gasteiger partial charge in [-0.3, -0.25) is 0 Å². The first-order valence-corrected chi connectivity index (χ1v) is 22.1. The second-order valence-corrected chi connectivity index (χ2v) is 18.7. The van der Waals surface area contributed by atoms with Crippen LogP contribution in [0.1, 0.15) is 73.6 Å². The van der Waals surface area contributed by atoms with Crippen LogP contribution in [0.2, 0.25) is 0 Å². The fraction of sp³-hybridized carbons (Fsp3) is 0.250. The maximum absolute atomic E-state index is 2.59. The van der Waals surface area contributed by atoms with Gasteiger partial charge in [-0.05, 0) is 161 Å². The van der Waals surface area contributed by atoms with Crippen LogP contribution in [0.5, 0.6) is 0 Å². The van der Waals surface area contributed by atoms with Crippen LogP contribution in [-0.4, -0.2) is 4.57 Å². The Morgan fingerprint density at radius 1 is 0.483 bits per heavy atom. The Morgan fingerprint density at radius 3 is 1.88 bits per heavy atom. The molecule has 58 heavy (non-hydrogen) atoms. The van der Waals surface area contributed by atoms with Crippen LogP contribution in [-0.2, 0) is 10.8 Å². The predicted molar refractivity (Wildman–Crippen MR) is 239 cm³/mol. The molecule has 7 aliphatic carbocycles. The van der Waals surface area contributed by atoms with Crippen molar-refractivity contribution in [3.63, 3.8) is 0 Å². The van der Waals surface area contributed by atoms with Gasteiger partial charge in [0.2, 0.25) is 0 Å². The number of benzene rings is 7. The summed E-state index contributed by atoms with van der Waals surface area (Å²) >= 11 is 0. The number of fused-ring (bicyclic) bond motifs is 12. The lowest BCUT2D eigenvalue weighted by atomic mass is 9.36. The minimum atomic E-state index is 0.0998. The van der Waals surface area contributed by atoms with Crippen molar-refractivity contribution in [3.05, 3.63) is 180 Å². The lowest BCUT2D eigenvalue weighted by molar-refractivity contribution is -0.123. The van der Waals surface area contributed by atoms with Crippen LogP contribution in [0, 0.1) is 23.7 Å². The topological polar surface area (TPSA) is 8.17 Å². The van der Waals surface area contributed by atoms with E-state index < -0.39 is 0 Å². The molecule has 2 nitrogen and oxygen atoms in total. The molecule has 4 bridgehead atoms. The summed E-state index contributed by atoms with van der Waals surface area (Å²) in [6.45, 7) is 0. The molecule has 7 aromatic carbocycles. The fourth-order valence-electron chi connectivity index (χ4n) is 14.5. The summed E-state index contributed by atoms with van der Waals surface area (Å²) in [6, 6.07) is 61.0. The van der Waals surface area contributed by atoms with Crippen LogP contribution >= 0.6 is 0 Å². The predicted octanol–water partition coefficient (Wildman–Crippen LogP) is 14.4. The first kappa shape index (κ1) is 32.1. The maximum Gasteiger partial charge on any atom is 0.0541 e. The molecule has 280 valence electrons. The van der Waals surface area contributed by atoms with Crippen molar-refractivity contribution in [2.24, 2.45) is 23.7 Å².